The smallest absolute Gasteiger partial charge is 0.148 e. The summed E-state index contributed by atoms with van der Waals surface area (Å²) < 4.78 is 2.02. The number of hydrogen-bond donors (Lipinski definition) is 0. The molecular weight excluding hydrogens is 336 g/mol. The predicted molar refractivity (Wildman–Crippen MR) is 105 cm³/mol. The molecule has 1 aromatic carbocycles. The number of carbonyl (C=O) groups is 2. The molecule has 142 valence electrons. The van der Waals surface area contributed by atoms with Crippen LogP contribution < -0.4 is 0 Å². The van der Waals surface area contributed by atoms with Gasteiger partial charge in [0.2, 0.25) is 0 Å². The molecule has 1 fully saturated rings. The Morgan fingerprint density at radius 2 is 1.93 bits per heavy atom. The average Bonchev–Trinajstić information content (AvgIpc) is 2.96. The Hall–Kier alpha value is -2.23. The lowest BCUT2D eigenvalue weighted by Gasteiger charge is -2.53. The highest BCUT2D eigenvalue weighted by Crippen LogP contribution is 2.56. The molecule has 0 radical (unpaired) electrons. The zero-order chi connectivity index (χ0) is 19.4. The first kappa shape index (κ1) is 18.1. The maximum atomic E-state index is 12.8. The number of aromatic nitrogens is 2. The van der Waals surface area contributed by atoms with Gasteiger partial charge in [-0.1, -0.05) is 51.1 Å². The van der Waals surface area contributed by atoms with Crippen molar-refractivity contribution in [3.8, 4) is 0 Å². The number of nitrogens with zero attached hydrogens (tertiary/aromatic N) is 2. The number of rotatable bonds is 3. The molecule has 1 saturated carbocycles. The van der Waals surface area contributed by atoms with E-state index in [1.54, 1.807) is 0 Å². The lowest BCUT2D eigenvalue weighted by molar-refractivity contribution is -0.145. The quantitative estimate of drug-likeness (QED) is 0.617. The number of aldehydes is 1. The van der Waals surface area contributed by atoms with Gasteiger partial charge in [0.25, 0.3) is 0 Å². The first-order valence-electron chi connectivity index (χ1n) is 9.88. The third-order valence-electron chi connectivity index (χ3n) is 7.13. The fourth-order valence-corrected chi connectivity index (χ4v) is 5.81. The molecule has 4 rings (SSSR count). The molecule has 0 amide bonds. The van der Waals surface area contributed by atoms with Crippen molar-refractivity contribution in [1.82, 2.24) is 9.78 Å². The summed E-state index contributed by atoms with van der Waals surface area (Å²) in [5.41, 5.74) is 4.25. The Kier molecular flexibility index (Phi) is 4.13. The molecule has 0 spiro atoms. The highest BCUT2D eigenvalue weighted by atomic mass is 16.1. The molecule has 2 aromatic rings. The largest absolute Gasteiger partial charge is 0.303 e. The minimum absolute atomic E-state index is 0.101. The van der Waals surface area contributed by atoms with Crippen LogP contribution in [0, 0.1) is 17.3 Å². The summed E-state index contributed by atoms with van der Waals surface area (Å²) in [6, 6.07) is 10.5. The van der Waals surface area contributed by atoms with E-state index in [-0.39, 0.29) is 17.1 Å². The normalized spacial score (nSPS) is 29.1. The second kappa shape index (κ2) is 6.15. The summed E-state index contributed by atoms with van der Waals surface area (Å²) in [4.78, 5) is 24.5. The van der Waals surface area contributed by atoms with Gasteiger partial charge in [-0.3, -0.25) is 9.48 Å². The number of benzene rings is 1. The van der Waals surface area contributed by atoms with Gasteiger partial charge >= 0.3 is 0 Å². The Balaban J connectivity index is 1.80. The summed E-state index contributed by atoms with van der Waals surface area (Å²) in [7, 11) is 2.02. The SMILES string of the molecule is Cn1nc2c(c1Cc1ccccc1)CC[C@H]1C(C)(C)C(=O)C(C=O)C[C@]21C. The van der Waals surface area contributed by atoms with Crippen molar-refractivity contribution >= 4 is 12.1 Å². The number of aryl methyl sites for hydroxylation is 1. The lowest BCUT2D eigenvalue weighted by Crippen LogP contribution is -2.56. The maximum Gasteiger partial charge on any atom is 0.148 e. The van der Waals surface area contributed by atoms with Gasteiger partial charge in [-0.05, 0) is 36.3 Å². The first-order chi connectivity index (χ1) is 12.8. The van der Waals surface area contributed by atoms with Crippen molar-refractivity contribution in [2.45, 2.75) is 51.9 Å². The van der Waals surface area contributed by atoms with Crippen LogP contribution >= 0.6 is 0 Å². The maximum absolute atomic E-state index is 12.8. The molecule has 2 aliphatic rings. The van der Waals surface area contributed by atoms with Gasteiger partial charge in [0.1, 0.15) is 12.1 Å². The fraction of sp³-hybridized carbons (Fsp3) is 0.522. The van der Waals surface area contributed by atoms with Gasteiger partial charge in [-0.2, -0.15) is 5.10 Å². The van der Waals surface area contributed by atoms with Gasteiger partial charge in [-0.15, -0.1) is 0 Å². The van der Waals surface area contributed by atoms with Crippen molar-refractivity contribution in [3.05, 3.63) is 52.8 Å². The molecule has 0 aliphatic heterocycles. The van der Waals surface area contributed by atoms with E-state index in [0.29, 0.717) is 6.42 Å². The molecule has 1 aromatic heterocycles. The molecule has 27 heavy (non-hydrogen) atoms. The number of ketones is 1. The van der Waals surface area contributed by atoms with E-state index in [1.807, 2.05) is 31.6 Å². The van der Waals surface area contributed by atoms with Crippen LogP contribution in [0.4, 0.5) is 0 Å². The van der Waals surface area contributed by atoms with Crippen LogP contribution in [0.25, 0.3) is 0 Å². The van der Waals surface area contributed by atoms with Crippen molar-refractivity contribution in [2.24, 2.45) is 24.3 Å². The van der Waals surface area contributed by atoms with Gasteiger partial charge in [0.05, 0.1) is 11.6 Å². The topological polar surface area (TPSA) is 52.0 Å². The van der Waals surface area contributed by atoms with Gasteiger partial charge in [0, 0.05) is 30.0 Å². The molecule has 0 N–H and O–H groups in total. The number of carbonyl (C=O) groups excluding carboxylic acids is 2. The molecular formula is C23H28N2O2. The molecule has 3 atom stereocenters. The summed E-state index contributed by atoms with van der Waals surface area (Å²) in [5, 5.41) is 4.95. The van der Waals surface area contributed by atoms with Crippen LogP contribution in [-0.4, -0.2) is 21.8 Å². The van der Waals surface area contributed by atoms with E-state index in [0.717, 1.165) is 31.2 Å². The zero-order valence-electron chi connectivity index (χ0n) is 16.7. The number of hydrogen-bond acceptors (Lipinski definition) is 3. The fourth-order valence-electron chi connectivity index (χ4n) is 5.81. The summed E-state index contributed by atoms with van der Waals surface area (Å²) in [6.45, 7) is 6.26. The van der Waals surface area contributed by atoms with Crippen LogP contribution in [0.15, 0.2) is 30.3 Å². The van der Waals surface area contributed by atoms with Gasteiger partial charge in [0.15, 0.2) is 0 Å². The highest BCUT2D eigenvalue weighted by molar-refractivity contribution is 5.98. The van der Waals surface area contributed by atoms with E-state index < -0.39 is 11.3 Å². The second-order valence-corrected chi connectivity index (χ2v) is 9.10. The van der Waals surface area contributed by atoms with E-state index >= 15 is 0 Å². The number of Topliss-reactive ketones (excluding diaryl/α,β-unsaturated/α-hetero) is 1. The van der Waals surface area contributed by atoms with Crippen molar-refractivity contribution in [2.75, 3.05) is 0 Å². The second-order valence-electron chi connectivity index (χ2n) is 9.10. The van der Waals surface area contributed by atoms with Crippen molar-refractivity contribution in [1.29, 1.82) is 0 Å². The summed E-state index contributed by atoms with van der Waals surface area (Å²) >= 11 is 0. The monoisotopic (exact) mass is 364 g/mol. The van der Waals surface area contributed by atoms with E-state index in [4.69, 9.17) is 5.10 Å². The average molecular weight is 364 g/mol. The van der Waals surface area contributed by atoms with Crippen molar-refractivity contribution < 1.29 is 9.59 Å². The molecule has 0 bridgehead atoms. The first-order valence-corrected chi connectivity index (χ1v) is 9.88. The Labute approximate surface area is 161 Å². The standard InChI is InChI=1S/C23H28N2O2/c1-22(2)19-11-10-17-18(12-15-8-6-5-7-9-15)25(4)24-20(17)23(19,3)13-16(14-26)21(22)27/h5-9,14,16,19H,10-13H2,1-4H3/t16?,19-,23-/m0/s1. The minimum Gasteiger partial charge on any atom is -0.303 e. The molecule has 0 saturated heterocycles. The van der Waals surface area contributed by atoms with Gasteiger partial charge < -0.3 is 4.79 Å². The molecule has 1 heterocycles. The van der Waals surface area contributed by atoms with Crippen LogP contribution in [0.5, 0.6) is 0 Å². The highest BCUT2D eigenvalue weighted by Gasteiger charge is 2.58. The van der Waals surface area contributed by atoms with Crippen LogP contribution in [0.3, 0.4) is 0 Å². The predicted octanol–water partition coefficient (Wildman–Crippen LogP) is 3.65. The van der Waals surface area contributed by atoms with Gasteiger partial charge in [-0.25, -0.2) is 0 Å². The Bertz CT molecular complexity index is 897. The molecule has 4 nitrogen and oxygen atoms in total. The minimum atomic E-state index is -0.522. The van der Waals surface area contributed by atoms with Crippen LogP contribution in [0.2, 0.25) is 0 Å². The Morgan fingerprint density at radius 1 is 1.22 bits per heavy atom. The van der Waals surface area contributed by atoms with E-state index in [9.17, 15) is 9.59 Å². The Morgan fingerprint density at radius 3 is 2.59 bits per heavy atom. The van der Waals surface area contributed by atoms with E-state index in [2.05, 4.69) is 31.2 Å². The third kappa shape index (κ3) is 2.60. The zero-order valence-corrected chi connectivity index (χ0v) is 16.7. The third-order valence-corrected chi connectivity index (χ3v) is 7.13. The van der Waals surface area contributed by atoms with Crippen LogP contribution in [0.1, 0.15) is 56.1 Å². The molecule has 4 heteroatoms. The molecule has 1 unspecified atom stereocenters. The van der Waals surface area contributed by atoms with Crippen molar-refractivity contribution in [3.63, 3.8) is 0 Å². The van der Waals surface area contributed by atoms with Crippen LogP contribution in [-0.2, 0) is 34.9 Å². The molecule has 2 aliphatic carbocycles. The summed E-state index contributed by atoms with van der Waals surface area (Å²) in [6.07, 6.45) is 4.22. The number of fused-ring (bicyclic) bond motifs is 3. The summed E-state index contributed by atoms with van der Waals surface area (Å²) in [5.74, 6) is -0.198. The van der Waals surface area contributed by atoms with E-state index in [1.165, 1.54) is 16.8 Å². The lowest BCUT2D eigenvalue weighted by atomic mass is 9.49.